The van der Waals surface area contributed by atoms with Crippen LogP contribution in [0.4, 0.5) is 0 Å². The van der Waals surface area contributed by atoms with E-state index in [4.69, 9.17) is 4.74 Å². The number of hydrogen-bond acceptors (Lipinski definition) is 3. The first kappa shape index (κ1) is 16.8. The lowest BCUT2D eigenvalue weighted by molar-refractivity contribution is -0.142. The second-order valence-corrected chi connectivity index (χ2v) is 8.52. The van der Waals surface area contributed by atoms with Crippen molar-refractivity contribution in [3.05, 3.63) is 48.3 Å². The number of fused-ring (bicyclic) bond motifs is 2. The van der Waals surface area contributed by atoms with Gasteiger partial charge in [-0.25, -0.2) is 0 Å². The molecule has 0 radical (unpaired) electrons. The fourth-order valence-corrected chi connectivity index (χ4v) is 5.23. The fraction of sp³-hybridized carbons (Fsp3) is 0.545. The molecule has 3 aliphatic rings. The van der Waals surface area contributed by atoms with Crippen LogP contribution in [0.3, 0.4) is 0 Å². The van der Waals surface area contributed by atoms with Crippen molar-refractivity contribution in [1.82, 2.24) is 14.7 Å². The van der Waals surface area contributed by atoms with Crippen molar-refractivity contribution in [2.45, 2.75) is 63.1 Å². The fourth-order valence-electron chi connectivity index (χ4n) is 5.23. The quantitative estimate of drug-likeness (QED) is 0.813. The Morgan fingerprint density at radius 1 is 1.19 bits per heavy atom. The number of nitrogens with zero attached hydrogens (tertiary/aromatic N) is 3. The van der Waals surface area contributed by atoms with Gasteiger partial charge in [0, 0.05) is 24.5 Å². The molecule has 3 fully saturated rings. The van der Waals surface area contributed by atoms with E-state index >= 15 is 0 Å². The molecule has 1 aromatic carbocycles. The summed E-state index contributed by atoms with van der Waals surface area (Å²) in [6.45, 7) is 0.733. The number of amides is 1. The van der Waals surface area contributed by atoms with Crippen LogP contribution in [0.15, 0.2) is 42.7 Å². The highest BCUT2D eigenvalue weighted by Gasteiger charge is 2.56. The van der Waals surface area contributed by atoms with E-state index in [0.29, 0.717) is 23.9 Å². The number of ether oxygens (including phenoxy) is 1. The number of carbonyl (C=O) groups excluding carboxylic acids is 1. The zero-order valence-electron chi connectivity index (χ0n) is 15.9. The van der Waals surface area contributed by atoms with E-state index in [9.17, 15) is 4.79 Å². The normalized spacial score (nSPS) is 28.2. The maximum Gasteiger partial charge on any atom is 0.231 e. The molecule has 1 saturated carbocycles. The van der Waals surface area contributed by atoms with Crippen molar-refractivity contribution >= 4 is 5.91 Å². The zero-order valence-corrected chi connectivity index (χ0v) is 15.9. The van der Waals surface area contributed by atoms with Crippen LogP contribution in [0.25, 0.3) is 0 Å². The highest BCUT2D eigenvalue weighted by molar-refractivity contribution is 5.86. The van der Waals surface area contributed by atoms with Crippen molar-refractivity contribution in [1.29, 1.82) is 0 Å². The summed E-state index contributed by atoms with van der Waals surface area (Å²) in [5, 5.41) is 4.32. The molecule has 3 atom stereocenters. The van der Waals surface area contributed by atoms with E-state index in [1.807, 2.05) is 16.9 Å². The van der Waals surface area contributed by atoms with Gasteiger partial charge >= 0.3 is 0 Å². The highest BCUT2D eigenvalue weighted by Crippen LogP contribution is 2.52. The molecule has 0 spiro atoms. The Morgan fingerprint density at radius 2 is 1.89 bits per heavy atom. The van der Waals surface area contributed by atoms with E-state index in [1.54, 1.807) is 13.3 Å². The van der Waals surface area contributed by atoms with Gasteiger partial charge < -0.3 is 9.64 Å². The summed E-state index contributed by atoms with van der Waals surface area (Å²) in [5.74, 6) is 1.85. The van der Waals surface area contributed by atoms with Gasteiger partial charge in [-0.05, 0) is 68.2 Å². The molecule has 5 nitrogen and oxygen atoms in total. The van der Waals surface area contributed by atoms with Gasteiger partial charge in [-0.2, -0.15) is 5.10 Å². The highest BCUT2D eigenvalue weighted by atomic mass is 16.5. The largest absolute Gasteiger partial charge is 0.497 e. The lowest BCUT2D eigenvalue weighted by Gasteiger charge is -2.41. The molecule has 5 rings (SSSR count). The standard InChI is InChI=1S/C22H27N3O2/c1-27-20-7-3-16(4-8-20)17-13-18-5-6-19(14-17)25(18)21(26)22(9-10-22)15-24-12-2-11-23-24/h2-4,7-8,11-12,17-19H,5-6,9-10,13-15H2,1H3/t17?,18-,19+. The van der Waals surface area contributed by atoms with Crippen LogP contribution in [-0.2, 0) is 11.3 Å². The molecule has 5 heteroatoms. The van der Waals surface area contributed by atoms with Gasteiger partial charge in [0.05, 0.1) is 19.1 Å². The van der Waals surface area contributed by atoms with E-state index in [1.165, 1.54) is 5.56 Å². The molecule has 2 saturated heterocycles. The third kappa shape index (κ3) is 2.93. The lowest BCUT2D eigenvalue weighted by atomic mass is 9.84. The van der Waals surface area contributed by atoms with Gasteiger partial charge in [-0.15, -0.1) is 0 Å². The van der Waals surface area contributed by atoms with Crippen LogP contribution in [0, 0.1) is 5.41 Å². The second-order valence-electron chi connectivity index (χ2n) is 8.52. The number of rotatable bonds is 5. The minimum absolute atomic E-state index is 0.195. The van der Waals surface area contributed by atoms with Gasteiger partial charge in [-0.3, -0.25) is 9.48 Å². The Balaban J connectivity index is 1.31. The van der Waals surface area contributed by atoms with Crippen LogP contribution < -0.4 is 4.74 Å². The molecule has 27 heavy (non-hydrogen) atoms. The summed E-state index contributed by atoms with van der Waals surface area (Å²) in [4.78, 5) is 15.7. The minimum atomic E-state index is -0.195. The molecular weight excluding hydrogens is 338 g/mol. The van der Waals surface area contributed by atoms with E-state index in [-0.39, 0.29) is 5.41 Å². The van der Waals surface area contributed by atoms with Crippen LogP contribution in [0.2, 0.25) is 0 Å². The predicted molar refractivity (Wildman–Crippen MR) is 103 cm³/mol. The summed E-state index contributed by atoms with van der Waals surface area (Å²) in [5.41, 5.74) is 1.19. The summed E-state index contributed by atoms with van der Waals surface area (Å²) in [7, 11) is 1.70. The lowest BCUT2D eigenvalue weighted by Crippen LogP contribution is -2.49. The monoisotopic (exact) mass is 365 g/mol. The van der Waals surface area contributed by atoms with Crippen molar-refractivity contribution < 1.29 is 9.53 Å². The predicted octanol–water partition coefficient (Wildman–Crippen LogP) is 3.61. The maximum absolute atomic E-state index is 13.5. The first-order valence-electron chi connectivity index (χ1n) is 10.1. The Morgan fingerprint density at radius 3 is 2.44 bits per heavy atom. The summed E-state index contributed by atoms with van der Waals surface area (Å²) in [6, 6.07) is 11.2. The van der Waals surface area contributed by atoms with E-state index in [0.717, 1.165) is 50.8 Å². The number of carbonyl (C=O) groups is 1. The summed E-state index contributed by atoms with van der Waals surface area (Å²) < 4.78 is 7.21. The smallest absolute Gasteiger partial charge is 0.231 e. The molecule has 2 aliphatic heterocycles. The Kier molecular flexibility index (Phi) is 3.99. The zero-order chi connectivity index (χ0) is 18.4. The molecule has 2 aromatic rings. The SMILES string of the molecule is COc1ccc(C2C[C@H]3CC[C@@H](C2)N3C(=O)C2(Cn3cccn3)CC2)cc1. The Bertz CT molecular complexity index is 797. The number of piperidine rings is 1. The molecule has 1 unspecified atom stereocenters. The van der Waals surface area contributed by atoms with Crippen molar-refractivity contribution in [3.63, 3.8) is 0 Å². The number of benzene rings is 1. The first-order chi connectivity index (χ1) is 13.2. The number of methoxy groups -OCH3 is 1. The van der Waals surface area contributed by atoms with Crippen molar-refractivity contribution in [2.75, 3.05) is 7.11 Å². The third-order valence-electron chi connectivity index (χ3n) is 6.89. The van der Waals surface area contributed by atoms with E-state index < -0.39 is 0 Å². The van der Waals surface area contributed by atoms with Gasteiger partial charge in [0.15, 0.2) is 0 Å². The molecule has 2 bridgehead atoms. The summed E-state index contributed by atoms with van der Waals surface area (Å²) >= 11 is 0. The maximum atomic E-state index is 13.5. The molecule has 1 aliphatic carbocycles. The molecule has 1 aromatic heterocycles. The van der Waals surface area contributed by atoms with Crippen LogP contribution in [-0.4, -0.2) is 39.8 Å². The summed E-state index contributed by atoms with van der Waals surface area (Å²) in [6.07, 6.45) is 10.3. The van der Waals surface area contributed by atoms with Gasteiger partial charge in [0.1, 0.15) is 5.75 Å². The molecular formula is C22H27N3O2. The topological polar surface area (TPSA) is 47.4 Å². The Hall–Kier alpha value is -2.30. The average molecular weight is 365 g/mol. The molecule has 3 heterocycles. The third-order valence-corrected chi connectivity index (χ3v) is 6.89. The van der Waals surface area contributed by atoms with Crippen LogP contribution in [0.1, 0.15) is 50.0 Å². The minimum Gasteiger partial charge on any atom is -0.497 e. The van der Waals surface area contributed by atoms with Crippen molar-refractivity contribution in [3.8, 4) is 5.75 Å². The van der Waals surface area contributed by atoms with Crippen molar-refractivity contribution in [2.24, 2.45) is 5.41 Å². The Labute approximate surface area is 160 Å². The second kappa shape index (κ2) is 6.39. The molecule has 142 valence electrons. The van der Waals surface area contributed by atoms with Crippen LogP contribution in [0.5, 0.6) is 5.75 Å². The number of hydrogen-bond donors (Lipinski definition) is 0. The first-order valence-corrected chi connectivity index (χ1v) is 10.1. The van der Waals surface area contributed by atoms with Gasteiger partial charge in [0.25, 0.3) is 0 Å². The van der Waals surface area contributed by atoms with Crippen LogP contribution >= 0.6 is 0 Å². The van der Waals surface area contributed by atoms with Gasteiger partial charge in [0.2, 0.25) is 5.91 Å². The molecule has 1 amide bonds. The average Bonchev–Trinajstić information content (AvgIpc) is 3.21. The van der Waals surface area contributed by atoms with E-state index in [2.05, 4.69) is 34.3 Å². The number of aromatic nitrogens is 2. The molecule has 0 N–H and O–H groups in total. The van der Waals surface area contributed by atoms with Gasteiger partial charge in [-0.1, -0.05) is 12.1 Å².